The Bertz CT molecular complexity index is 677. The highest BCUT2D eigenvalue weighted by atomic mass is 79.9. The fourth-order valence-electron chi connectivity index (χ4n) is 1.75. The van der Waals surface area contributed by atoms with E-state index in [1.807, 2.05) is 0 Å². The first-order valence-corrected chi connectivity index (χ1v) is 7.09. The van der Waals surface area contributed by atoms with Crippen LogP contribution >= 0.6 is 15.9 Å². The zero-order valence-electron chi connectivity index (χ0n) is 11.3. The van der Waals surface area contributed by atoms with Gasteiger partial charge in [-0.1, -0.05) is 0 Å². The Balaban J connectivity index is 2.21. The van der Waals surface area contributed by atoms with E-state index in [9.17, 15) is 9.18 Å². The van der Waals surface area contributed by atoms with Crippen molar-refractivity contribution in [1.29, 1.82) is 0 Å². The fourth-order valence-corrected chi connectivity index (χ4v) is 1.99. The van der Waals surface area contributed by atoms with Crippen molar-refractivity contribution in [2.24, 2.45) is 0 Å². The summed E-state index contributed by atoms with van der Waals surface area (Å²) >= 11 is 3.09. The Morgan fingerprint density at radius 1 is 1.33 bits per heavy atom. The standard InChI is InChI=1S/C15H14BrFN2O2/c1-2-21-15(20)9-3-6-14(13(18)7-9)19-10-4-5-11(16)12(17)8-10/h3-8,19H,2,18H2,1H3. The lowest BCUT2D eigenvalue weighted by Crippen LogP contribution is -2.06. The van der Waals surface area contributed by atoms with E-state index in [-0.39, 0.29) is 5.82 Å². The highest BCUT2D eigenvalue weighted by Gasteiger charge is 2.09. The molecule has 2 aromatic rings. The Morgan fingerprint density at radius 2 is 2.10 bits per heavy atom. The van der Waals surface area contributed by atoms with E-state index in [4.69, 9.17) is 10.5 Å². The number of nitrogens with two attached hydrogens (primary N) is 1. The second-order valence-electron chi connectivity index (χ2n) is 4.28. The second kappa shape index (κ2) is 6.58. The van der Waals surface area contributed by atoms with Crippen molar-refractivity contribution in [3.05, 3.63) is 52.3 Å². The minimum absolute atomic E-state index is 0.302. The monoisotopic (exact) mass is 352 g/mol. The van der Waals surface area contributed by atoms with Crippen molar-refractivity contribution < 1.29 is 13.9 Å². The van der Waals surface area contributed by atoms with Crippen molar-refractivity contribution in [3.63, 3.8) is 0 Å². The summed E-state index contributed by atoms with van der Waals surface area (Å²) in [6.45, 7) is 2.04. The molecule has 0 bridgehead atoms. The summed E-state index contributed by atoms with van der Waals surface area (Å²) in [5, 5.41) is 3.00. The van der Waals surface area contributed by atoms with Gasteiger partial charge in [-0.3, -0.25) is 0 Å². The summed E-state index contributed by atoms with van der Waals surface area (Å²) in [6, 6.07) is 9.44. The van der Waals surface area contributed by atoms with Crippen LogP contribution in [-0.2, 0) is 4.74 Å². The van der Waals surface area contributed by atoms with E-state index in [1.54, 1.807) is 31.2 Å². The lowest BCUT2D eigenvalue weighted by molar-refractivity contribution is 0.0526. The van der Waals surface area contributed by atoms with Crippen LogP contribution in [0, 0.1) is 5.82 Å². The minimum Gasteiger partial charge on any atom is -0.462 e. The van der Waals surface area contributed by atoms with E-state index in [1.165, 1.54) is 12.1 Å². The predicted octanol–water partition coefficient (Wildman–Crippen LogP) is 4.09. The van der Waals surface area contributed by atoms with Crippen LogP contribution in [0.5, 0.6) is 0 Å². The van der Waals surface area contributed by atoms with Crippen molar-refractivity contribution in [3.8, 4) is 0 Å². The molecule has 0 unspecified atom stereocenters. The first kappa shape index (κ1) is 15.3. The van der Waals surface area contributed by atoms with E-state index in [0.29, 0.717) is 33.7 Å². The van der Waals surface area contributed by atoms with Crippen LogP contribution in [0.3, 0.4) is 0 Å². The molecule has 0 fully saturated rings. The molecule has 0 atom stereocenters. The average molecular weight is 353 g/mol. The number of esters is 1. The van der Waals surface area contributed by atoms with Crippen LogP contribution in [0.15, 0.2) is 40.9 Å². The lowest BCUT2D eigenvalue weighted by Gasteiger charge is -2.11. The lowest BCUT2D eigenvalue weighted by atomic mass is 10.1. The summed E-state index contributed by atoms with van der Waals surface area (Å²) in [5.41, 5.74) is 7.80. The van der Waals surface area contributed by atoms with E-state index in [2.05, 4.69) is 21.2 Å². The Labute approximate surface area is 130 Å². The molecule has 0 saturated heterocycles. The number of anilines is 3. The van der Waals surface area contributed by atoms with Crippen molar-refractivity contribution in [2.45, 2.75) is 6.92 Å². The molecular formula is C15H14BrFN2O2. The predicted molar refractivity (Wildman–Crippen MR) is 84.2 cm³/mol. The largest absolute Gasteiger partial charge is 0.462 e. The summed E-state index contributed by atoms with van der Waals surface area (Å²) in [5.74, 6) is -0.799. The Hall–Kier alpha value is -2.08. The molecule has 0 aliphatic rings. The Morgan fingerprint density at radius 3 is 2.71 bits per heavy atom. The zero-order chi connectivity index (χ0) is 15.4. The molecule has 110 valence electrons. The molecule has 0 heterocycles. The molecule has 2 aromatic carbocycles. The van der Waals surface area contributed by atoms with E-state index >= 15 is 0 Å². The van der Waals surface area contributed by atoms with Crippen molar-refractivity contribution in [2.75, 3.05) is 17.7 Å². The quantitative estimate of drug-likeness (QED) is 0.642. The number of hydrogen-bond acceptors (Lipinski definition) is 4. The number of rotatable bonds is 4. The SMILES string of the molecule is CCOC(=O)c1ccc(Nc2ccc(Br)c(F)c2)c(N)c1. The van der Waals surface area contributed by atoms with Gasteiger partial charge in [-0.2, -0.15) is 0 Å². The number of benzene rings is 2. The molecular weight excluding hydrogens is 339 g/mol. The second-order valence-corrected chi connectivity index (χ2v) is 5.13. The van der Waals surface area contributed by atoms with Crippen LogP contribution in [0.2, 0.25) is 0 Å². The number of nitrogen functional groups attached to an aromatic ring is 1. The normalized spacial score (nSPS) is 10.2. The molecule has 4 nitrogen and oxygen atoms in total. The summed E-state index contributed by atoms with van der Waals surface area (Å²) in [6.07, 6.45) is 0. The summed E-state index contributed by atoms with van der Waals surface area (Å²) in [7, 11) is 0. The van der Waals surface area contributed by atoms with Gasteiger partial charge in [-0.05, 0) is 59.3 Å². The molecule has 6 heteroatoms. The van der Waals surface area contributed by atoms with Gasteiger partial charge in [0.25, 0.3) is 0 Å². The highest BCUT2D eigenvalue weighted by Crippen LogP contribution is 2.26. The van der Waals surface area contributed by atoms with Gasteiger partial charge in [0.2, 0.25) is 0 Å². The minimum atomic E-state index is -0.426. The molecule has 0 spiro atoms. The van der Waals surface area contributed by atoms with Crippen molar-refractivity contribution >= 4 is 39.0 Å². The number of nitrogens with one attached hydrogen (secondary N) is 1. The van der Waals surface area contributed by atoms with E-state index in [0.717, 1.165) is 0 Å². The third-order valence-corrected chi connectivity index (χ3v) is 3.40. The van der Waals surface area contributed by atoms with Crippen LogP contribution < -0.4 is 11.1 Å². The molecule has 0 aliphatic carbocycles. The first-order chi connectivity index (χ1) is 10.0. The molecule has 0 amide bonds. The maximum absolute atomic E-state index is 13.5. The topological polar surface area (TPSA) is 64.3 Å². The maximum atomic E-state index is 13.5. The molecule has 21 heavy (non-hydrogen) atoms. The maximum Gasteiger partial charge on any atom is 0.338 e. The number of carbonyl (C=O) groups excluding carboxylic acids is 1. The third kappa shape index (κ3) is 3.72. The molecule has 0 aliphatic heterocycles. The molecule has 0 radical (unpaired) electrons. The molecule has 3 N–H and O–H groups in total. The molecule has 2 rings (SSSR count). The smallest absolute Gasteiger partial charge is 0.338 e. The third-order valence-electron chi connectivity index (χ3n) is 2.76. The highest BCUT2D eigenvalue weighted by molar-refractivity contribution is 9.10. The van der Waals surface area contributed by atoms with E-state index < -0.39 is 5.97 Å². The van der Waals surface area contributed by atoms with Crippen LogP contribution in [-0.4, -0.2) is 12.6 Å². The van der Waals surface area contributed by atoms with Gasteiger partial charge in [0.15, 0.2) is 0 Å². The zero-order valence-corrected chi connectivity index (χ0v) is 12.9. The van der Waals surface area contributed by atoms with Crippen LogP contribution in [0.1, 0.15) is 17.3 Å². The molecule has 0 aromatic heterocycles. The first-order valence-electron chi connectivity index (χ1n) is 6.30. The van der Waals surface area contributed by atoms with Gasteiger partial charge >= 0.3 is 5.97 Å². The molecule has 0 saturated carbocycles. The van der Waals surface area contributed by atoms with Gasteiger partial charge in [0, 0.05) is 5.69 Å². The summed E-state index contributed by atoms with van der Waals surface area (Å²) in [4.78, 5) is 11.6. The van der Waals surface area contributed by atoms with Crippen LogP contribution in [0.4, 0.5) is 21.5 Å². The van der Waals surface area contributed by atoms with Gasteiger partial charge in [0.05, 0.1) is 28.0 Å². The average Bonchev–Trinajstić information content (AvgIpc) is 2.45. The number of hydrogen-bond donors (Lipinski definition) is 2. The number of carbonyl (C=O) groups is 1. The van der Waals surface area contributed by atoms with Gasteiger partial charge < -0.3 is 15.8 Å². The van der Waals surface area contributed by atoms with Gasteiger partial charge in [-0.25, -0.2) is 9.18 Å². The number of ether oxygens (including phenoxy) is 1. The van der Waals surface area contributed by atoms with Crippen molar-refractivity contribution in [1.82, 2.24) is 0 Å². The Kier molecular flexibility index (Phi) is 4.80. The summed E-state index contributed by atoms with van der Waals surface area (Å²) < 4.78 is 18.7. The fraction of sp³-hybridized carbons (Fsp3) is 0.133. The van der Waals surface area contributed by atoms with Gasteiger partial charge in [-0.15, -0.1) is 0 Å². The number of halogens is 2. The van der Waals surface area contributed by atoms with Crippen LogP contribution in [0.25, 0.3) is 0 Å². The van der Waals surface area contributed by atoms with Gasteiger partial charge in [0.1, 0.15) is 5.82 Å².